The van der Waals surface area contributed by atoms with Crippen molar-refractivity contribution in [3.05, 3.63) is 35.9 Å². The molecular weight excluding hydrogens is 322 g/mol. The Morgan fingerprint density at radius 3 is 2.36 bits per heavy atom. The number of amides is 2. The molecule has 0 aromatic heterocycles. The molecule has 2 atom stereocenters. The molecule has 1 heterocycles. The molecule has 0 saturated carbocycles. The van der Waals surface area contributed by atoms with Crippen LogP contribution in [-0.4, -0.2) is 53.0 Å². The van der Waals surface area contributed by atoms with Crippen LogP contribution >= 0.6 is 0 Å². The molecule has 0 radical (unpaired) electrons. The van der Waals surface area contributed by atoms with Gasteiger partial charge in [0, 0.05) is 25.4 Å². The second-order valence-electron chi connectivity index (χ2n) is 6.48. The quantitative estimate of drug-likeness (QED) is 0.689. The summed E-state index contributed by atoms with van der Waals surface area (Å²) < 4.78 is 0. The maximum absolute atomic E-state index is 12.4. The van der Waals surface area contributed by atoms with Gasteiger partial charge in [0.15, 0.2) is 0 Å². The number of carboxylic acids is 1. The average Bonchev–Trinajstić information content (AvgIpc) is 2.61. The van der Waals surface area contributed by atoms with Gasteiger partial charge in [0.1, 0.15) is 6.04 Å². The lowest BCUT2D eigenvalue weighted by molar-refractivity contribution is -0.143. The van der Waals surface area contributed by atoms with E-state index >= 15 is 0 Å². The van der Waals surface area contributed by atoms with Crippen LogP contribution in [0.3, 0.4) is 0 Å². The molecule has 0 bridgehead atoms. The Bertz CT molecular complexity index is 610. The number of rotatable bonds is 6. The predicted octanol–water partition coefficient (Wildman–Crippen LogP) is 0.384. The van der Waals surface area contributed by atoms with Gasteiger partial charge in [0.25, 0.3) is 0 Å². The zero-order chi connectivity index (χ0) is 18.4. The second-order valence-corrected chi connectivity index (χ2v) is 6.48. The van der Waals surface area contributed by atoms with E-state index in [9.17, 15) is 19.5 Å². The van der Waals surface area contributed by atoms with Gasteiger partial charge in [0.2, 0.25) is 11.8 Å². The molecule has 2 unspecified atom stereocenters. The number of piperidine rings is 1. The number of nitrogens with two attached hydrogens (primary N) is 1. The molecule has 7 nitrogen and oxygen atoms in total. The molecule has 0 aliphatic carbocycles. The van der Waals surface area contributed by atoms with Gasteiger partial charge in [-0.15, -0.1) is 0 Å². The van der Waals surface area contributed by atoms with Crippen LogP contribution in [0.25, 0.3) is 0 Å². The summed E-state index contributed by atoms with van der Waals surface area (Å²) in [5.41, 5.74) is 6.45. The fourth-order valence-electron chi connectivity index (χ4n) is 2.99. The minimum Gasteiger partial charge on any atom is -0.480 e. The molecule has 1 fully saturated rings. The van der Waals surface area contributed by atoms with Crippen LogP contribution in [0.4, 0.5) is 0 Å². The van der Waals surface area contributed by atoms with Gasteiger partial charge >= 0.3 is 5.97 Å². The summed E-state index contributed by atoms with van der Waals surface area (Å²) in [5.74, 6) is -1.72. The Balaban J connectivity index is 1.89. The van der Waals surface area contributed by atoms with Crippen molar-refractivity contribution in [3.63, 3.8) is 0 Å². The van der Waals surface area contributed by atoms with Crippen LogP contribution in [0, 0.1) is 5.92 Å². The Hall–Kier alpha value is -2.41. The molecule has 7 heteroatoms. The monoisotopic (exact) mass is 347 g/mol. The molecule has 2 amide bonds. The number of carbonyl (C=O) groups is 3. The highest BCUT2D eigenvalue weighted by Crippen LogP contribution is 2.18. The molecule has 136 valence electrons. The standard InChI is InChI=1S/C18H25N3O4/c1-12(19)17(23)21-9-7-14(8-10-21)16(22)20-15(18(24)25)11-13-5-3-2-4-6-13/h2-6,12,14-15H,7-11,19H2,1H3,(H,20,22)(H,24,25). The first-order valence-electron chi connectivity index (χ1n) is 8.50. The highest BCUT2D eigenvalue weighted by Gasteiger charge is 2.30. The average molecular weight is 347 g/mol. The van der Waals surface area contributed by atoms with Crippen LogP contribution in [-0.2, 0) is 20.8 Å². The fourth-order valence-corrected chi connectivity index (χ4v) is 2.99. The molecule has 2 rings (SSSR count). The maximum atomic E-state index is 12.4. The molecule has 1 saturated heterocycles. The number of nitrogens with zero attached hydrogens (tertiary/aromatic N) is 1. The summed E-state index contributed by atoms with van der Waals surface area (Å²) in [5, 5.41) is 12.0. The third-order valence-corrected chi connectivity index (χ3v) is 4.46. The Kier molecular flexibility index (Phi) is 6.52. The van der Waals surface area contributed by atoms with E-state index in [0.717, 1.165) is 5.56 Å². The molecule has 0 spiro atoms. The zero-order valence-corrected chi connectivity index (χ0v) is 14.4. The molecule has 25 heavy (non-hydrogen) atoms. The molecule has 4 N–H and O–H groups in total. The van der Waals surface area contributed by atoms with Gasteiger partial charge in [-0.2, -0.15) is 0 Å². The van der Waals surface area contributed by atoms with Crippen LogP contribution in [0.1, 0.15) is 25.3 Å². The first kappa shape index (κ1) is 18.9. The van der Waals surface area contributed by atoms with Gasteiger partial charge in [-0.05, 0) is 25.3 Å². The fraction of sp³-hybridized carbons (Fsp3) is 0.500. The summed E-state index contributed by atoms with van der Waals surface area (Å²) >= 11 is 0. The van der Waals surface area contributed by atoms with Gasteiger partial charge in [-0.1, -0.05) is 30.3 Å². The van der Waals surface area contributed by atoms with E-state index in [2.05, 4.69) is 5.32 Å². The van der Waals surface area contributed by atoms with E-state index in [1.807, 2.05) is 30.3 Å². The van der Waals surface area contributed by atoms with E-state index in [-0.39, 0.29) is 24.2 Å². The predicted molar refractivity (Wildman–Crippen MR) is 92.7 cm³/mol. The Labute approximate surface area is 147 Å². The summed E-state index contributed by atoms with van der Waals surface area (Å²) in [6.45, 7) is 2.58. The van der Waals surface area contributed by atoms with Crippen molar-refractivity contribution in [1.82, 2.24) is 10.2 Å². The van der Waals surface area contributed by atoms with Crippen molar-refractivity contribution in [2.75, 3.05) is 13.1 Å². The minimum atomic E-state index is -1.05. The van der Waals surface area contributed by atoms with Crippen molar-refractivity contribution in [1.29, 1.82) is 0 Å². The lowest BCUT2D eigenvalue weighted by Gasteiger charge is -2.32. The number of aliphatic carboxylic acids is 1. The lowest BCUT2D eigenvalue weighted by atomic mass is 9.94. The van der Waals surface area contributed by atoms with E-state index in [1.165, 1.54) is 0 Å². The SMILES string of the molecule is CC(N)C(=O)N1CCC(C(=O)NC(Cc2ccccc2)C(=O)O)CC1. The summed E-state index contributed by atoms with van der Waals surface area (Å²) in [6, 6.07) is 7.68. The molecule has 1 aliphatic rings. The minimum absolute atomic E-state index is 0.119. The zero-order valence-electron chi connectivity index (χ0n) is 14.4. The number of hydrogen-bond donors (Lipinski definition) is 3. The van der Waals surface area contributed by atoms with E-state index in [4.69, 9.17) is 5.73 Å². The van der Waals surface area contributed by atoms with Crippen molar-refractivity contribution in [3.8, 4) is 0 Å². The Morgan fingerprint density at radius 2 is 1.84 bits per heavy atom. The van der Waals surface area contributed by atoms with E-state index in [0.29, 0.717) is 25.9 Å². The number of carbonyl (C=O) groups excluding carboxylic acids is 2. The summed E-state index contributed by atoms with van der Waals surface area (Å²) in [6.07, 6.45) is 1.27. The van der Waals surface area contributed by atoms with E-state index in [1.54, 1.807) is 11.8 Å². The molecular formula is C18H25N3O4. The number of likely N-dealkylation sites (tertiary alicyclic amines) is 1. The maximum Gasteiger partial charge on any atom is 0.326 e. The van der Waals surface area contributed by atoms with Crippen molar-refractivity contribution in [2.24, 2.45) is 11.7 Å². The normalized spacial score (nSPS) is 17.6. The largest absolute Gasteiger partial charge is 0.480 e. The topological polar surface area (TPSA) is 113 Å². The highest BCUT2D eigenvalue weighted by molar-refractivity contribution is 5.86. The summed E-state index contributed by atoms with van der Waals surface area (Å²) in [7, 11) is 0. The first-order valence-corrected chi connectivity index (χ1v) is 8.50. The molecule has 1 aromatic rings. The smallest absolute Gasteiger partial charge is 0.326 e. The number of hydrogen-bond acceptors (Lipinski definition) is 4. The van der Waals surface area contributed by atoms with Crippen LogP contribution in [0.15, 0.2) is 30.3 Å². The third-order valence-electron chi connectivity index (χ3n) is 4.46. The molecule has 1 aliphatic heterocycles. The first-order chi connectivity index (χ1) is 11.9. The van der Waals surface area contributed by atoms with E-state index < -0.39 is 18.1 Å². The number of benzene rings is 1. The second kappa shape index (κ2) is 8.62. The lowest BCUT2D eigenvalue weighted by Crippen LogP contribution is -2.50. The van der Waals surface area contributed by atoms with Crippen LogP contribution in [0.5, 0.6) is 0 Å². The van der Waals surface area contributed by atoms with Gasteiger partial charge in [0.05, 0.1) is 6.04 Å². The highest BCUT2D eigenvalue weighted by atomic mass is 16.4. The van der Waals surface area contributed by atoms with Crippen molar-refractivity contribution in [2.45, 2.75) is 38.3 Å². The van der Waals surface area contributed by atoms with Gasteiger partial charge in [-0.25, -0.2) is 4.79 Å². The van der Waals surface area contributed by atoms with Crippen molar-refractivity contribution < 1.29 is 19.5 Å². The molecule has 1 aromatic carbocycles. The van der Waals surface area contributed by atoms with Crippen molar-refractivity contribution >= 4 is 17.8 Å². The number of carboxylic acid groups (broad SMARTS) is 1. The Morgan fingerprint density at radius 1 is 1.24 bits per heavy atom. The summed E-state index contributed by atoms with van der Waals surface area (Å²) in [4.78, 5) is 37.4. The van der Waals surface area contributed by atoms with Gasteiger partial charge in [-0.3, -0.25) is 9.59 Å². The number of nitrogens with one attached hydrogen (secondary N) is 1. The van der Waals surface area contributed by atoms with Crippen LogP contribution in [0.2, 0.25) is 0 Å². The van der Waals surface area contributed by atoms with Gasteiger partial charge < -0.3 is 21.1 Å². The van der Waals surface area contributed by atoms with Crippen LogP contribution < -0.4 is 11.1 Å². The third kappa shape index (κ3) is 5.29.